The first kappa shape index (κ1) is 17.5. The van der Waals surface area contributed by atoms with Gasteiger partial charge in [-0.1, -0.05) is 78.9 Å². The van der Waals surface area contributed by atoms with Crippen LogP contribution in [-0.2, 0) is 5.41 Å². The van der Waals surface area contributed by atoms with E-state index < -0.39 is 0 Å². The summed E-state index contributed by atoms with van der Waals surface area (Å²) in [6, 6.07) is 30.5. The molecule has 0 bridgehead atoms. The predicted molar refractivity (Wildman–Crippen MR) is 134 cm³/mol. The zero-order chi connectivity index (χ0) is 21.6. The highest BCUT2D eigenvalue weighted by Crippen LogP contribution is 2.63. The minimum Gasteiger partial charge on any atom is -0.457 e. The maximum Gasteiger partial charge on any atom is 0.132 e. The van der Waals surface area contributed by atoms with Crippen molar-refractivity contribution in [2.45, 2.75) is 18.3 Å². The van der Waals surface area contributed by atoms with Crippen LogP contribution in [0.1, 0.15) is 35.1 Å². The average Bonchev–Trinajstić information content (AvgIpc) is 3.39. The molecule has 1 N–H and O–H groups in total. The van der Waals surface area contributed by atoms with Crippen LogP contribution in [0.3, 0.4) is 0 Å². The van der Waals surface area contributed by atoms with Crippen LogP contribution in [0.25, 0.3) is 27.4 Å². The Morgan fingerprint density at radius 2 is 1.42 bits per heavy atom. The number of benzene rings is 4. The van der Waals surface area contributed by atoms with Gasteiger partial charge in [-0.05, 0) is 47.8 Å². The molecule has 2 aliphatic carbocycles. The lowest BCUT2D eigenvalue weighted by molar-refractivity contribution is 0.435. The van der Waals surface area contributed by atoms with Crippen molar-refractivity contribution < 1.29 is 4.74 Å². The molecule has 4 aromatic carbocycles. The Morgan fingerprint density at radius 3 is 2.24 bits per heavy atom. The lowest BCUT2D eigenvalue weighted by atomic mass is 9.65. The molecular weight excluding hydrogens is 402 g/mol. The minimum atomic E-state index is -0.363. The lowest BCUT2D eigenvalue weighted by Crippen LogP contribution is -2.33. The van der Waals surface area contributed by atoms with E-state index in [0.717, 1.165) is 24.3 Å². The SMILES string of the molecule is C1=CC2=C(CC1)c1c(ccc3c1[nH]c1ccccc13)C21c2ccccc2Oc2ccccc21. The fourth-order valence-electron chi connectivity index (χ4n) is 6.54. The Hall–Kier alpha value is -4.04. The fourth-order valence-corrected chi connectivity index (χ4v) is 6.54. The number of aromatic nitrogens is 1. The molecule has 0 saturated carbocycles. The number of fused-ring (bicyclic) bond motifs is 12. The largest absolute Gasteiger partial charge is 0.457 e. The second-order valence-electron chi connectivity index (χ2n) is 9.26. The van der Waals surface area contributed by atoms with Crippen molar-refractivity contribution in [2.75, 3.05) is 0 Å². The first-order valence-electron chi connectivity index (χ1n) is 11.7. The maximum absolute atomic E-state index is 6.44. The van der Waals surface area contributed by atoms with Crippen molar-refractivity contribution in [3.8, 4) is 11.5 Å². The van der Waals surface area contributed by atoms with Crippen LogP contribution in [0.15, 0.2) is 103 Å². The number of allylic oxidation sites excluding steroid dienone is 4. The van der Waals surface area contributed by atoms with Gasteiger partial charge in [0.05, 0.1) is 10.9 Å². The first-order chi connectivity index (χ1) is 16.4. The molecule has 0 amide bonds. The second-order valence-corrected chi connectivity index (χ2v) is 9.26. The van der Waals surface area contributed by atoms with Crippen molar-refractivity contribution in [1.82, 2.24) is 4.98 Å². The number of para-hydroxylation sites is 3. The summed E-state index contributed by atoms with van der Waals surface area (Å²) >= 11 is 0. The maximum atomic E-state index is 6.44. The van der Waals surface area contributed by atoms with Gasteiger partial charge in [-0.2, -0.15) is 0 Å². The van der Waals surface area contributed by atoms with E-state index >= 15 is 0 Å². The lowest BCUT2D eigenvalue weighted by Gasteiger charge is -2.40. The third-order valence-corrected chi connectivity index (χ3v) is 7.76. The van der Waals surface area contributed by atoms with E-state index in [9.17, 15) is 0 Å². The van der Waals surface area contributed by atoms with E-state index in [2.05, 4.69) is 102 Å². The molecule has 1 aromatic heterocycles. The van der Waals surface area contributed by atoms with E-state index in [1.54, 1.807) is 0 Å². The molecule has 8 rings (SSSR count). The van der Waals surface area contributed by atoms with Crippen LogP contribution in [-0.4, -0.2) is 4.98 Å². The summed E-state index contributed by atoms with van der Waals surface area (Å²) in [6.07, 6.45) is 6.85. The molecule has 0 atom stereocenters. The summed E-state index contributed by atoms with van der Waals surface area (Å²) in [7, 11) is 0. The number of rotatable bonds is 0. The molecule has 0 unspecified atom stereocenters. The third-order valence-electron chi connectivity index (χ3n) is 7.76. The van der Waals surface area contributed by atoms with E-state index in [4.69, 9.17) is 4.74 Å². The molecule has 0 fully saturated rings. The normalized spacial score (nSPS) is 17.1. The van der Waals surface area contributed by atoms with Crippen molar-refractivity contribution in [3.05, 3.63) is 125 Å². The van der Waals surface area contributed by atoms with Crippen molar-refractivity contribution in [1.29, 1.82) is 0 Å². The standard InChI is InChI=1S/C31H21NO/c1-3-11-22-21(10-1)29-25(18-17-20-19-9-2-6-14-26(19)32-30(20)29)31(22)23-12-4-7-15-27(23)33-28-16-8-5-13-24(28)31/h2-9,11-18,32H,1,10H2. The molecule has 0 saturated heterocycles. The summed E-state index contributed by atoms with van der Waals surface area (Å²) in [4.78, 5) is 3.79. The highest BCUT2D eigenvalue weighted by molar-refractivity contribution is 6.13. The first-order valence-corrected chi connectivity index (χ1v) is 11.7. The third kappa shape index (κ3) is 2.00. The Labute approximate surface area is 191 Å². The Kier molecular flexibility index (Phi) is 3.21. The Balaban J connectivity index is 1.60. The predicted octanol–water partition coefficient (Wildman–Crippen LogP) is 7.88. The molecule has 2 nitrogen and oxygen atoms in total. The zero-order valence-electron chi connectivity index (χ0n) is 18.1. The zero-order valence-corrected chi connectivity index (χ0v) is 18.1. The number of hydrogen-bond donors (Lipinski definition) is 1. The van der Waals surface area contributed by atoms with Gasteiger partial charge in [-0.3, -0.25) is 0 Å². The van der Waals surface area contributed by atoms with E-state index in [-0.39, 0.29) is 5.41 Å². The molecule has 2 heteroatoms. The second kappa shape index (κ2) is 6.05. The topological polar surface area (TPSA) is 25.0 Å². The Bertz CT molecular complexity index is 1650. The number of H-pyrrole nitrogens is 1. The summed E-state index contributed by atoms with van der Waals surface area (Å²) in [5.74, 6) is 1.90. The van der Waals surface area contributed by atoms with Crippen LogP contribution in [0.2, 0.25) is 0 Å². The molecular formula is C31H21NO. The van der Waals surface area contributed by atoms with Gasteiger partial charge in [0.25, 0.3) is 0 Å². The summed E-state index contributed by atoms with van der Waals surface area (Å²) in [5.41, 5.74) is 10.2. The Morgan fingerprint density at radius 1 is 0.697 bits per heavy atom. The van der Waals surface area contributed by atoms with Crippen LogP contribution in [0, 0.1) is 0 Å². The summed E-state index contributed by atoms with van der Waals surface area (Å²) < 4.78 is 6.44. The van der Waals surface area contributed by atoms with Gasteiger partial charge in [-0.15, -0.1) is 0 Å². The van der Waals surface area contributed by atoms with Gasteiger partial charge < -0.3 is 9.72 Å². The average molecular weight is 424 g/mol. The number of ether oxygens (including phenoxy) is 1. The molecule has 33 heavy (non-hydrogen) atoms. The summed E-state index contributed by atoms with van der Waals surface area (Å²) in [5, 5.41) is 2.59. The highest BCUT2D eigenvalue weighted by atomic mass is 16.5. The van der Waals surface area contributed by atoms with Crippen molar-refractivity contribution >= 4 is 27.4 Å². The van der Waals surface area contributed by atoms with E-state index in [1.807, 2.05) is 0 Å². The van der Waals surface area contributed by atoms with Crippen LogP contribution < -0.4 is 4.74 Å². The molecule has 1 aliphatic heterocycles. The smallest absolute Gasteiger partial charge is 0.132 e. The molecule has 5 aromatic rings. The summed E-state index contributed by atoms with van der Waals surface area (Å²) in [6.45, 7) is 0. The molecule has 0 radical (unpaired) electrons. The molecule has 1 spiro atoms. The van der Waals surface area contributed by atoms with Crippen LogP contribution in [0.5, 0.6) is 11.5 Å². The number of nitrogens with one attached hydrogen (secondary N) is 1. The van der Waals surface area contributed by atoms with Crippen LogP contribution in [0.4, 0.5) is 0 Å². The van der Waals surface area contributed by atoms with Gasteiger partial charge in [0.15, 0.2) is 0 Å². The van der Waals surface area contributed by atoms with Crippen molar-refractivity contribution in [3.63, 3.8) is 0 Å². The van der Waals surface area contributed by atoms with Gasteiger partial charge in [0, 0.05) is 33.0 Å². The van der Waals surface area contributed by atoms with Gasteiger partial charge in [-0.25, -0.2) is 0 Å². The quantitative estimate of drug-likeness (QED) is 0.269. The monoisotopic (exact) mass is 423 g/mol. The molecule has 3 aliphatic rings. The molecule has 156 valence electrons. The van der Waals surface area contributed by atoms with Gasteiger partial charge in [0.2, 0.25) is 0 Å². The van der Waals surface area contributed by atoms with Gasteiger partial charge >= 0.3 is 0 Å². The minimum absolute atomic E-state index is 0.363. The van der Waals surface area contributed by atoms with E-state index in [1.165, 1.54) is 55.2 Å². The molecule has 2 heterocycles. The fraction of sp³-hybridized carbons (Fsp3) is 0.0968. The highest BCUT2D eigenvalue weighted by Gasteiger charge is 2.52. The van der Waals surface area contributed by atoms with Crippen LogP contribution >= 0.6 is 0 Å². The van der Waals surface area contributed by atoms with Gasteiger partial charge in [0.1, 0.15) is 11.5 Å². The number of hydrogen-bond acceptors (Lipinski definition) is 1. The number of aromatic amines is 1. The van der Waals surface area contributed by atoms with E-state index in [0.29, 0.717) is 0 Å². The van der Waals surface area contributed by atoms with Crippen molar-refractivity contribution in [2.24, 2.45) is 0 Å².